The minimum Gasteiger partial charge on any atom is -0.497 e. The molecule has 2 aromatic carbocycles. The van der Waals surface area contributed by atoms with Crippen LogP contribution in [0, 0.1) is 0 Å². The summed E-state index contributed by atoms with van der Waals surface area (Å²) in [6, 6.07) is 18.3. The summed E-state index contributed by atoms with van der Waals surface area (Å²) in [6.45, 7) is 0.619. The second kappa shape index (κ2) is 8.70. The Labute approximate surface area is 202 Å². The summed E-state index contributed by atoms with van der Waals surface area (Å²) in [7, 11) is -0.231. The van der Waals surface area contributed by atoms with E-state index in [1.54, 1.807) is 53.9 Å². The third-order valence-electron chi connectivity index (χ3n) is 5.82. The topological polar surface area (TPSA) is 76.6 Å². The van der Waals surface area contributed by atoms with Crippen molar-refractivity contribution in [1.82, 2.24) is 9.88 Å². The number of hydrogen-bond donors (Lipinski definition) is 0. The van der Waals surface area contributed by atoms with Gasteiger partial charge in [0.05, 0.1) is 17.8 Å². The van der Waals surface area contributed by atoms with Gasteiger partial charge < -0.3 is 9.64 Å². The Morgan fingerprint density at radius 2 is 1.79 bits per heavy atom. The van der Waals surface area contributed by atoms with Gasteiger partial charge >= 0.3 is 0 Å². The molecular weight excluding hydrogens is 468 g/mol. The highest BCUT2D eigenvalue weighted by Crippen LogP contribution is 2.36. The van der Waals surface area contributed by atoms with E-state index < -0.39 is 9.84 Å². The van der Waals surface area contributed by atoms with Crippen molar-refractivity contribution in [3.05, 3.63) is 89.7 Å². The third kappa shape index (κ3) is 4.22. The average Bonchev–Trinajstić information content (AvgIpc) is 3.44. The second-order valence-electron chi connectivity index (χ2n) is 8.22. The van der Waals surface area contributed by atoms with Gasteiger partial charge in [0.25, 0.3) is 5.91 Å². The Bertz CT molecular complexity index is 1510. The van der Waals surface area contributed by atoms with E-state index in [4.69, 9.17) is 4.74 Å². The summed E-state index contributed by atoms with van der Waals surface area (Å²) in [5, 5.41) is 0. The van der Waals surface area contributed by atoms with Crippen LogP contribution in [0.1, 0.15) is 21.5 Å². The molecule has 34 heavy (non-hydrogen) atoms. The number of ether oxygens (including phenoxy) is 1. The largest absolute Gasteiger partial charge is 0.497 e. The number of carbonyl (C=O) groups excluding carboxylic acids is 1. The molecule has 0 bridgehead atoms. The van der Waals surface area contributed by atoms with Gasteiger partial charge in [-0.2, -0.15) is 0 Å². The van der Waals surface area contributed by atoms with Gasteiger partial charge in [0, 0.05) is 46.9 Å². The fourth-order valence-electron chi connectivity index (χ4n) is 4.07. The van der Waals surface area contributed by atoms with E-state index in [0.29, 0.717) is 17.9 Å². The number of thiophene rings is 1. The van der Waals surface area contributed by atoms with E-state index in [9.17, 15) is 13.2 Å². The lowest BCUT2D eigenvalue weighted by atomic mass is 10.1. The molecule has 3 heterocycles. The van der Waals surface area contributed by atoms with Crippen LogP contribution in [0.4, 0.5) is 0 Å². The van der Waals surface area contributed by atoms with Crippen LogP contribution in [-0.2, 0) is 22.1 Å². The van der Waals surface area contributed by atoms with Crippen molar-refractivity contribution in [2.24, 2.45) is 0 Å². The SMILES string of the molecule is COc1cccc(S(=O)(=O)Cc2cncc(-c3ccc(-c4ccc5c(c4)CN(C)C5=O)s3)c2)c1. The van der Waals surface area contributed by atoms with Gasteiger partial charge in [-0.25, -0.2) is 8.42 Å². The number of rotatable bonds is 6. The van der Waals surface area contributed by atoms with Crippen molar-refractivity contribution in [2.45, 2.75) is 17.2 Å². The number of nitrogens with zero attached hydrogens (tertiary/aromatic N) is 2. The first kappa shape index (κ1) is 22.3. The monoisotopic (exact) mass is 490 g/mol. The minimum atomic E-state index is -3.55. The Balaban J connectivity index is 1.40. The second-order valence-corrected chi connectivity index (χ2v) is 11.3. The number of sulfone groups is 1. The van der Waals surface area contributed by atoms with Crippen LogP contribution < -0.4 is 4.74 Å². The molecule has 4 aromatic rings. The molecule has 0 saturated carbocycles. The van der Waals surface area contributed by atoms with E-state index in [1.807, 2.05) is 30.3 Å². The lowest BCUT2D eigenvalue weighted by molar-refractivity contribution is 0.0816. The summed E-state index contributed by atoms with van der Waals surface area (Å²) < 4.78 is 31.0. The highest BCUT2D eigenvalue weighted by atomic mass is 32.2. The molecule has 8 heteroatoms. The van der Waals surface area contributed by atoms with E-state index in [1.165, 1.54) is 13.2 Å². The van der Waals surface area contributed by atoms with E-state index in [-0.39, 0.29) is 16.6 Å². The number of methoxy groups -OCH3 is 1. The molecule has 0 spiro atoms. The van der Waals surface area contributed by atoms with Crippen molar-refractivity contribution < 1.29 is 17.9 Å². The van der Waals surface area contributed by atoms with Crippen molar-refractivity contribution in [1.29, 1.82) is 0 Å². The maximum Gasteiger partial charge on any atom is 0.254 e. The predicted molar refractivity (Wildman–Crippen MR) is 133 cm³/mol. The standard InChI is InChI=1S/C26H22N2O4S2/c1-28-15-20-11-18(6-7-23(20)26(28)29)24-8-9-25(33-24)19-10-17(13-27-14-19)16-34(30,31)22-5-3-4-21(12-22)32-2/h3-14H,15-16H2,1-2H3. The van der Waals surface area contributed by atoms with Gasteiger partial charge in [0.15, 0.2) is 9.84 Å². The molecular formula is C26H22N2O4S2. The van der Waals surface area contributed by atoms with Crippen LogP contribution >= 0.6 is 11.3 Å². The Morgan fingerprint density at radius 3 is 2.59 bits per heavy atom. The number of amides is 1. The Morgan fingerprint density at radius 1 is 1.00 bits per heavy atom. The van der Waals surface area contributed by atoms with Gasteiger partial charge in [0.2, 0.25) is 0 Å². The van der Waals surface area contributed by atoms with Crippen LogP contribution in [0.25, 0.3) is 20.9 Å². The maximum atomic E-state index is 12.9. The Kier molecular flexibility index (Phi) is 5.71. The van der Waals surface area contributed by atoms with Gasteiger partial charge in [-0.15, -0.1) is 11.3 Å². The molecule has 6 nitrogen and oxygen atoms in total. The molecule has 0 unspecified atom stereocenters. The molecule has 0 radical (unpaired) electrons. The van der Waals surface area contributed by atoms with Crippen LogP contribution in [0.15, 0.2) is 78.0 Å². The summed E-state index contributed by atoms with van der Waals surface area (Å²) in [5.74, 6) is 0.410. The normalized spacial score (nSPS) is 13.2. The van der Waals surface area contributed by atoms with E-state index >= 15 is 0 Å². The molecule has 1 aliphatic rings. The molecule has 5 rings (SSSR count). The van der Waals surface area contributed by atoms with Crippen molar-refractivity contribution >= 4 is 27.1 Å². The van der Waals surface area contributed by atoms with Gasteiger partial charge in [-0.3, -0.25) is 9.78 Å². The fraction of sp³-hybridized carbons (Fsp3) is 0.154. The van der Waals surface area contributed by atoms with Crippen LogP contribution in [0.5, 0.6) is 5.75 Å². The fourth-order valence-corrected chi connectivity index (χ4v) is 6.39. The van der Waals surface area contributed by atoms with Gasteiger partial charge in [0.1, 0.15) is 5.75 Å². The smallest absolute Gasteiger partial charge is 0.254 e. The minimum absolute atomic E-state index is 0.0557. The number of fused-ring (bicyclic) bond motifs is 1. The highest BCUT2D eigenvalue weighted by Gasteiger charge is 2.24. The lowest BCUT2D eigenvalue weighted by Gasteiger charge is -2.07. The van der Waals surface area contributed by atoms with Crippen molar-refractivity contribution in [3.8, 4) is 26.6 Å². The van der Waals surface area contributed by atoms with Crippen molar-refractivity contribution in [2.75, 3.05) is 14.2 Å². The number of hydrogen-bond acceptors (Lipinski definition) is 6. The van der Waals surface area contributed by atoms with Crippen LogP contribution in [0.2, 0.25) is 0 Å². The molecule has 1 amide bonds. The van der Waals surface area contributed by atoms with E-state index in [2.05, 4.69) is 11.1 Å². The first-order valence-corrected chi connectivity index (χ1v) is 13.1. The third-order valence-corrected chi connectivity index (χ3v) is 8.69. The highest BCUT2D eigenvalue weighted by molar-refractivity contribution is 7.90. The summed E-state index contributed by atoms with van der Waals surface area (Å²) in [4.78, 5) is 20.5. The number of carbonyl (C=O) groups is 1. The lowest BCUT2D eigenvalue weighted by Crippen LogP contribution is -2.17. The first-order chi connectivity index (χ1) is 16.3. The number of aromatic nitrogens is 1. The summed E-state index contributed by atoms with van der Waals surface area (Å²) in [5.41, 5.74) is 4.34. The molecule has 1 aliphatic heterocycles. The molecule has 0 atom stereocenters. The van der Waals surface area contributed by atoms with Gasteiger partial charge in [-0.1, -0.05) is 12.1 Å². The van der Waals surface area contributed by atoms with Crippen LogP contribution in [-0.4, -0.2) is 38.4 Å². The Hall–Kier alpha value is -3.49. The zero-order valence-electron chi connectivity index (χ0n) is 18.7. The molecule has 2 aromatic heterocycles. The maximum absolute atomic E-state index is 12.9. The molecule has 0 N–H and O–H groups in total. The zero-order valence-corrected chi connectivity index (χ0v) is 20.3. The molecule has 172 valence electrons. The van der Waals surface area contributed by atoms with Gasteiger partial charge in [-0.05, 0) is 65.2 Å². The van der Waals surface area contributed by atoms with E-state index in [0.717, 1.165) is 32.0 Å². The number of benzene rings is 2. The quantitative estimate of drug-likeness (QED) is 0.378. The first-order valence-electron chi connectivity index (χ1n) is 10.6. The zero-order chi connectivity index (χ0) is 23.9. The molecule has 0 saturated heterocycles. The summed E-state index contributed by atoms with van der Waals surface area (Å²) >= 11 is 1.61. The molecule has 0 fully saturated rings. The predicted octanol–water partition coefficient (Wildman–Crippen LogP) is 5.05. The van der Waals surface area contributed by atoms with Crippen molar-refractivity contribution in [3.63, 3.8) is 0 Å². The molecule has 0 aliphatic carbocycles. The van der Waals surface area contributed by atoms with Crippen LogP contribution in [0.3, 0.4) is 0 Å². The average molecular weight is 491 g/mol. The number of pyridine rings is 1. The summed E-state index contributed by atoms with van der Waals surface area (Å²) in [6.07, 6.45) is 3.33.